The number of carbonyl (C=O) groups is 1. The molecular formula is C12H19N7O. The molecule has 0 aromatic carbocycles. The number of hydrogen-bond donors (Lipinski definition) is 4. The van der Waals surface area contributed by atoms with Gasteiger partial charge < -0.3 is 21.7 Å². The Morgan fingerprint density at radius 1 is 1.45 bits per heavy atom. The molecule has 1 aliphatic heterocycles. The molecule has 0 aliphatic carbocycles. The molecule has 1 unspecified atom stereocenters. The minimum Gasteiger partial charge on any atom is -0.383 e. The quantitative estimate of drug-likeness (QED) is 0.428. The molecular weight excluding hydrogens is 258 g/mol. The fourth-order valence-corrected chi connectivity index (χ4v) is 2.40. The Balaban J connectivity index is 2.14. The van der Waals surface area contributed by atoms with Crippen LogP contribution in [0, 0.1) is 5.41 Å². The molecule has 20 heavy (non-hydrogen) atoms. The first-order valence-electron chi connectivity index (χ1n) is 6.46. The summed E-state index contributed by atoms with van der Waals surface area (Å²) in [5.41, 5.74) is 11.9. The summed E-state index contributed by atoms with van der Waals surface area (Å²) in [6, 6.07) is 0.0358. The molecule has 1 aromatic rings. The van der Waals surface area contributed by atoms with Crippen LogP contribution in [0.1, 0.15) is 25.3 Å². The summed E-state index contributed by atoms with van der Waals surface area (Å²) >= 11 is 0. The van der Waals surface area contributed by atoms with Crippen molar-refractivity contribution in [1.29, 1.82) is 5.41 Å². The lowest BCUT2D eigenvalue weighted by Crippen LogP contribution is -2.49. The topological polar surface area (TPSA) is 134 Å². The van der Waals surface area contributed by atoms with Crippen LogP contribution in [0.4, 0.5) is 11.6 Å². The summed E-state index contributed by atoms with van der Waals surface area (Å²) in [6.07, 6.45) is 3.07. The Labute approximate surface area is 117 Å². The smallest absolute Gasteiger partial charge is 0.217 e. The molecule has 8 nitrogen and oxygen atoms in total. The molecule has 1 amide bonds. The molecule has 6 N–H and O–H groups in total. The van der Waals surface area contributed by atoms with Crippen molar-refractivity contribution in [3.63, 3.8) is 0 Å². The largest absolute Gasteiger partial charge is 0.383 e. The van der Waals surface area contributed by atoms with Crippen molar-refractivity contribution in [2.24, 2.45) is 0 Å². The maximum absolute atomic E-state index is 11.1. The lowest BCUT2D eigenvalue weighted by atomic mass is 10.0. The van der Waals surface area contributed by atoms with E-state index in [0.717, 1.165) is 19.4 Å². The highest BCUT2D eigenvalue weighted by molar-refractivity contribution is 6.04. The number of nitrogen functional groups attached to an aromatic ring is 2. The van der Waals surface area contributed by atoms with Gasteiger partial charge in [-0.15, -0.1) is 0 Å². The van der Waals surface area contributed by atoms with Gasteiger partial charge in [-0.05, 0) is 12.8 Å². The van der Waals surface area contributed by atoms with Gasteiger partial charge in [0.1, 0.15) is 29.4 Å². The van der Waals surface area contributed by atoms with E-state index < -0.39 is 0 Å². The highest BCUT2D eigenvalue weighted by Crippen LogP contribution is 2.19. The molecule has 0 saturated carbocycles. The molecule has 1 aromatic heterocycles. The molecule has 1 atom stereocenters. The number of rotatable bonds is 2. The second-order valence-electron chi connectivity index (χ2n) is 4.85. The van der Waals surface area contributed by atoms with E-state index in [2.05, 4.69) is 15.3 Å². The molecule has 2 rings (SSSR count). The Hall–Kier alpha value is -2.38. The number of anilines is 2. The number of piperidine rings is 1. The summed E-state index contributed by atoms with van der Waals surface area (Å²) in [7, 11) is 0. The van der Waals surface area contributed by atoms with Crippen LogP contribution in [-0.4, -0.2) is 45.7 Å². The number of hydrogen-bond acceptors (Lipinski definition) is 6. The van der Waals surface area contributed by atoms with Gasteiger partial charge in [-0.3, -0.25) is 10.2 Å². The Bertz CT molecular complexity index is 510. The van der Waals surface area contributed by atoms with Crippen LogP contribution in [0.3, 0.4) is 0 Å². The van der Waals surface area contributed by atoms with Gasteiger partial charge in [0, 0.05) is 26.1 Å². The van der Waals surface area contributed by atoms with Gasteiger partial charge in [0.05, 0.1) is 0 Å². The summed E-state index contributed by atoms with van der Waals surface area (Å²) in [5, 5.41) is 11.1. The second-order valence-corrected chi connectivity index (χ2v) is 4.85. The third-order valence-corrected chi connectivity index (χ3v) is 3.29. The minimum absolute atomic E-state index is 0.0358. The summed E-state index contributed by atoms with van der Waals surface area (Å²) < 4.78 is 0. The Morgan fingerprint density at radius 3 is 2.70 bits per heavy atom. The van der Waals surface area contributed by atoms with Crippen molar-refractivity contribution in [2.45, 2.75) is 25.8 Å². The second kappa shape index (κ2) is 5.72. The van der Waals surface area contributed by atoms with Crippen LogP contribution < -0.4 is 16.8 Å². The van der Waals surface area contributed by atoms with Crippen LogP contribution in [0.2, 0.25) is 0 Å². The standard InChI is InChI=1S/C12H19N7O/c1-7(20)18-8-3-2-4-19(5-8)12(15)9-10(13)16-6-17-11(9)14/h6,8,15H,2-5H2,1H3,(H,18,20)(H4,13,14,16,17). The van der Waals surface area contributed by atoms with Gasteiger partial charge in [-0.2, -0.15) is 0 Å². The highest BCUT2D eigenvalue weighted by atomic mass is 16.1. The van der Waals surface area contributed by atoms with Crippen molar-refractivity contribution in [2.75, 3.05) is 24.6 Å². The van der Waals surface area contributed by atoms with Gasteiger partial charge in [0.2, 0.25) is 5.91 Å². The van der Waals surface area contributed by atoms with Gasteiger partial charge in [0.25, 0.3) is 0 Å². The Morgan fingerprint density at radius 2 is 2.10 bits per heavy atom. The number of nitrogens with zero attached hydrogens (tertiary/aromatic N) is 3. The highest BCUT2D eigenvalue weighted by Gasteiger charge is 2.25. The minimum atomic E-state index is -0.0644. The van der Waals surface area contributed by atoms with Gasteiger partial charge in [0.15, 0.2) is 0 Å². The maximum Gasteiger partial charge on any atom is 0.217 e. The molecule has 8 heteroatoms. The average Bonchev–Trinajstić information content (AvgIpc) is 2.38. The van der Waals surface area contributed by atoms with Gasteiger partial charge in [-0.1, -0.05) is 0 Å². The van der Waals surface area contributed by atoms with Crippen LogP contribution in [0.5, 0.6) is 0 Å². The maximum atomic E-state index is 11.1. The monoisotopic (exact) mass is 277 g/mol. The first-order valence-corrected chi connectivity index (χ1v) is 6.46. The number of carbonyl (C=O) groups excluding carboxylic acids is 1. The lowest BCUT2D eigenvalue weighted by Gasteiger charge is -2.34. The van der Waals surface area contributed by atoms with Crippen molar-refractivity contribution in [3.05, 3.63) is 11.9 Å². The van der Waals surface area contributed by atoms with E-state index in [9.17, 15) is 4.79 Å². The number of nitrogens with two attached hydrogens (primary N) is 2. The molecule has 2 heterocycles. The molecule has 0 spiro atoms. The number of likely N-dealkylation sites (tertiary alicyclic amines) is 1. The van der Waals surface area contributed by atoms with E-state index in [1.807, 2.05) is 4.90 Å². The lowest BCUT2D eigenvalue weighted by molar-refractivity contribution is -0.119. The zero-order valence-corrected chi connectivity index (χ0v) is 11.4. The average molecular weight is 277 g/mol. The molecule has 1 saturated heterocycles. The van der Waals surface area contributed by atoms with Gasteiger partial charge in [-0.25, -0.2) is 9.97 Å². The van der Waals surface area contributed by atoms with Crippen molar-refractivity contribution in [3.8, 4) is 0 Å². The van der Waals surface area contributed by atoms with Crippen LogP contribution >= 0.6 is 0 Å². The molecule has 0 radical (unpaired) electrons. The number of amidine groups is 1. The van der Waals surface area contributed by atoms with E-state index in [1.54, 1.807) is 0 Å². The van der Waals surface area contributed by atoms with Gasteiger partial charge >= 0.3 is 0 Å². The van der Waals surface area contributed by atoms with E-state index in [-0.39, 0.29) is 29.4 Å². The normalized spacial score (nSPS) is 18.6. The van der Waals surface area contributed by atoms with E-state index in [0.29, 0.717) is 12.1 Å². The molecule has 1 aliphatic rings. The fourth-order valence-electron chi connectivity index (χ4n) is 2.40. The predicted molar refractivity (Wildman–Crippen MR) is 76.1 cm³/mol. The first-order chi connectivity index (χ1) is 9.49. The van der Waals surface area contributed by atoms with Crippen molar-refractivity contribution >= 4 is 23.4 Å². The number of aromatic nitrogens is 2. The fraction of sp³-hybridized carbons (Fsp3) is 0.500. The van der Waals surface area contributed by atoms with E-state index >= 15 is 0 Å². The summed E-state index contributed by atoms with van der Waals surface area (Å²) in [4.78, 5) is 20.7. The van der Waals surface area contributed by atoms with E-state index in [4.69, 9.17) is 16.9 Å². The van der Waals surface area contributed by atoms with Crippen molar-refractivity contribution in [1.82, 2.24) is 20.2 Å². The third-order valence-electron chi connectivity index (χ3n) is 3.29. The number of nitrogens with one attached hydrogen (secondary N) is 2. The first kappa shape index (κ1) is 14.0. The van der Waals surface area contributed by atoms with Crippen LogP contribution in [0.15, 0.2) is 6.33 Å². The Kier molecular flexibility index (Phi) is 4.02. The zero-order chi connectivity index (χ0) is 14.7. The van der Waals surface area contributed by atoms with Crippen LogP contribution in [-0.2, 0) is 4.79 Å². The summed E-state index contributed by atoms with van der Waals surface area (Å²) in [5.74, 6) is 0.536. The van der Waals surface area contributed by atoms with E-state index in [1.165, 1.54) is 13.3 Å². The molecule has 0 bridgehead atoms. The third kappa shape index (κ3) is 2.95. The van der Waals surface area contributed by atoms with Crippen molar-refractivity contribution < 1.29 is 4.79 Å². The predicted octanol–water partition coefficient (Wildman–Crippen LogP) is -0.433. The summed E-state index contributed by atoms with van der Waals surface area (Å²) in [6.45, 7) is 2.78. The number of amides is 1. The SMILES string of the molecule is CC(=O)NC1CCCN(C(=N)c2c(N)ncnc2N)C1. The zero-order valence-electron chi connectivity index (χ0n) is 11.4. The molecule has 108 valence electrons. The molecule has 1 fully saturated rings. The van der Waals surface area contributed by atoms with Crippen LogP contribution in [0.25, 0.3) is 0 Å².